The van der Waals surface area contributed by atoms with Gasteiger partial charge in [0, 0.05) is 49.1 Å². The zero-order chi connectivity index (χ0) is 27.9. The number of nitrogens with one attached hydrogen (secondary N) is 1. The van der Waals surface area contributed by atoms with Crippen molar-refractivity contribution in [1.29, 1.82) is 0 Å². The van der Waals surface area contributed by atoms with Gasteiger partial charge in [-0.25, -0.2) is 18.2 Å². The second kappa shape index (κ2) is 9.15. The number of pyridine rings is 1. The summed E-state index contributed by atoms with van der Waals surface area (Å²) in [6.07, 6.45) is 2.37. The highest BCUT2D eigenvalue weighted by Crippen LogP contribution is 2.42. The number of halogens is 3. The summed E-state index contributed by atoms with van der Waals surface area (Å²) in [5.74, 6) is -0.797. The van der Waals surface area contributed by atoms with Crippen LogP contribution in [0.3, 0.4) is 0 Å². The number of phenols is 1. The van der Waals surface area contributed by atoms with E-state index in [-0.39, 0.29) is 58.3 Å². The molecular weight excluding hydrogens is 533 g/mol. The first-order valence-electron chi connectivity index (χ1n) is 14.2. The van der Waals surface area contributed by atoms with Crippen LogP contribution in [-0.4, -0.2) is 81.5 Å². The Hall–Kier alpha value is -3.70. The third-order valence-corrected chi connectivity index (χ3v) is 9.33. The topological polar surface area (TPSA) is 86.6 Å². The minimum atomic E-state index is -0.885. The molecule has 0 saturated carbocycles. The lowest BCUT2D eigenvalue weighted by Crippen LogP contribution is -2.68. The van der Waals surface area contributed by atoms with Gasteiger partial charge >= 0.3 is 6.01 Å². The van der Waals surface area contributed by atoms with Crippen LogP contribution in [-0.2, 0) is 0 Å². The number of rotatable bonds is 5. The first-order chi connectivity index (χ1) is 19.9. The lowest BCUT2D eigenvalue weighted by molar-refractivity contribution is 0.107. The van der Waals surface area contributed by atoms with Crippen LogP contribution in [0.15, 0.2) is 36.4 Å². The zero-order valence-electron chi connectivity index (χ0n) is 22.3. The Balaban J connectivity index is 1.26. The van der Waals surface area contributed by atoms with Crippen molar-refractivity contribution in [3.05, 3.63) is 48.0 Å². The fourth-order valence-electron chi connectivity index (χ4n) is 7.47. The van der Waals surface area contributed by atoms with E-state index in [4.69, 9.17) is 9.72 Å². The van der Waals surface area contributed by atoms with Crippen molar-refractivity contribution >= 4 is 27.6 Å². The molecule has 41 heavy (non-hydrogen) atoms. The van der Waals surface area contributed by atoms with Crippen LogP contribution in [0.1, 0.15) is 25.7 Å². The highest BCUT2D eigenvalue weighted by Gasteiger charge is 2.49. The molecule has 2 bridgehead atoms. The van der Waals surface area contributed by atoms with Crippen LogP contribution in [0.5, 0.6) is 11.8 Å². The van der Waals surface area contributed by atoms with E-state index < -0.39 is 17.8 Å². The van der Waals surface area contributed by atoms with Crippen molar-refractivity contribution in [3.63, 3.8) is 0 Å². The summed E-state index contributed by atoms with van der Waals surface area (Å²) in [5, 5.41) is 14.8. The Bertz CT molecular complexity index is 1690. The van der Waals surface area contributed by atoms with Crippen molar-refractivity contribution in [2.24, 2.45) is 0 Å². The number of hydrogen-bond donors (Lipinski definition) is 2. The first-order valence-corrected chi connectivity index (χ1v) is 14.2. The van der Waals surface area contributed by atoms with Gasteiger partial charge in [-0.3, -0.25) is 4.90 Å². The van der Waals surface area contributed by atoms with Crippen LogP contribution in [0, 0.1) is 11.6 Å². The predicted molar refractivity (Wildman–Crippen MR) is 148 cm³/mol. The van der Waals surface area contributed by atoms with Gasteiger partial charge in [0.1, 0.15) is 41.7 Å². The van der Waals surface area contributed by atoms with Crippen LogP contribution < -0.4 is 15.0 Å². The van der Waals surface area contributed by atoms with Crippen molar-refractivity contribution < 1.29 is 23.0 Å². The van der Waals surface area contributed by atoms with E-state index in [0.29, 0.717) is 29.6 Å². The summed E-state index contributed by atoms with van der Waals surface area (Å²) in [6, 6.07) is 9.09. The molecule has 2 unspecified atom stereocenters. The van der Waals surface area contributed by atoms with Gasteiger partial charge in [-0.05, 0) is 55.5 Å². The Morgan fingerprint density at radius 1 is 1.07 bits per heavy atom. The number of fused-ring (bicyclic) bond motifs is 5. The van der Waals surface area contributed by atoms with Crippen molar-refractivity contribution in [1.82, 2.24) is 25.2 Å². The number of ether oxygens (including phenoxy) is 1. The maximum Gasteiger partial charge on any atom is 0.320 e. The minimum Gasteiger partial charge on any atom is -0.508 e. The maximum atomic E-state index is 15.9. The molecule has 0 amide bonds. The molecule has 11 heteroatoms. The van der Waals surface area contributed by atoms with Crippen LogP contribution in [0.4, 0.5) is 19.0 Å². The number of hydrogen-bond acceptors (Lipinski definition) is 8. The fourth-order valence-corrected chi connectivity index (χ4v) is 7.47. The normalized spacial score (nSPS) is 27.4. The molecule has 4 aliphatic rings. The van der Waals surface area contributed by atoms with Gasteiger partial charge in [0.15, 0.2) is 5.65 Å². The SMILES string of the molecule is Oc1cc(-c2nc3nc(OC[C@@]45CCCN4C[C@H](F)C5)nc(N4C5CNCC4C5)c3cc2F)c2c(F)cccc2c1. The monoisotopic (exact) mass is 562 g/mol. The molecule has 8 rings (SSSR count). The van der Waals surface area contributed by atoms with Gasteiger partial charge in [0.05, 0.1) is 10.9 Å². The average Bonchev–Trinajstić information content (AvgIpc) is 3.47. The number of aromatic hydroxyl groups is 1. The van der Waals surface area contributed by atoms with Crippen molar-refractivity contribution in [2.45, 2.75) is 49.5 Å². The van der Waals surface area contributed by atoms with E-state index >= 15 is 4.39 Å². The highest BCUT2D eigenvalue weighted by atomic mass is 19.1. The van der Waals surface area contributed by atoms with E-state index in [1.807, 2.05) is 0 Å². The van der Waals surface area contributed by atoms with E-state index in [9.17, 15) is 13.9 Å². The Labute approximate surface area is 234 Å². The molecule has 4 atom stereocenters. The smallest absolute Gasteiger partial charge is 0.320 e. The van der Waals surface area contributed by atoms with Crippen molar-refractivity contribution in [3.8, 4) is 23.0 Å². The number of aromatic nitrogens is 3. The van der Waals surface area contributed by atoms with E-state index in [0.717, 1.165) is 38.9 Å². The zero-order valence-corrected chi connectivity index (χ0v) is 22.3. The molecule has 4 aromatic rings. The molecule has 0 radical (unpaired) electrons. The Morgan fingerprint density at radius 2 is 1.93 bits per heavy atom. The summed E-state index contributed by atoms with van der Waals surface area (Å²) in [5.41, 5.74) is -0.163. The number of piperidine rings is 1. The second-order valence-electron chi connectivity index (χ2n) is 11.8. The molecule has 0 spiro atoms. The Morgan fingerprint density at radius 3 is 2.76 bits per heavy atom. The fraction of sp³-hybridized carbons (Fsp3) is 0.433. The average molecular weight is 563 g/mol. The highest BCUT2D eigenvalue weighted by molar-refractivity contribution is 5.99. The molecule has 0 aliphatic carbocycles. The molecule has 4 fully saturated rings. The molecule has 212 valence electrons. The van der Waals surface area contributed by atoms with Crippen molar-refractivity contribution in [2.75, 3.05) is 37.7 Å². The van der Waals surface area contributed by atoms with Gasteiger partial charge in [-0.15, -0.1) is 0 Å². The molecule has 2 aromatic heterocycles. The largest absolute Gasteiger partial charge is 0.508 e. The lowest BCUT2D eigenvalue weighted by atomic mass is 9.88. The number of piperazine rings is 1. The molecular formula is C30H29F3N6O2. The van der Waals surface area contributed by atoms with Crippen LogP contribution >= 0.6 is 0 Å². The number of anilines is 1. The lowest BCUT2D eigenvalue weighted by Gasteiger charge is -2.54. The summed E-state index contributed by atoms with van der Waals surface area (Å²) < 4.78 is 51.4. The number of alkyl halides is 1. The summed E-state index contributed by atoms with van der Waals surface area (Å²) >= 11 is 0. The minimum absolute atomic E-state index is 0.103. The summed E-state index contributed by atoms with van der Waals surface area (Å²) in [6.45, 7) is 3.09. The standard InChI is InChI=1S/C30H29F3N6O2/c31-17-11-30(5-2-6-38(30)14-17)15-41-29-36-27-22(28(37-29)39-18-8-19(39)13-34-12-18)10-24(33)26(35-27)21-9-20(40)7-16-3-1-4-23(32)25(16)21/h1,3-4,7,9-10,17-19,34,40H,2,5-6,8,11-15H2/t17-,18?,19?,30+/m1/s1. The summed E-state index contributed by atoms with van der Waals surface area (Å²) in [4.78, 5) is 18.3. The first kappa shape index (κ1) is 25.0. The molecule has 2 N–H and O–H groups in total. The predicted octanol–water partition coefficient (Wildman–Crippen LogP) is 4.33. The van der Waals surface area contributed by atoms with E-state index in [2.05, 4.69) is 25.1 Å². The third-order valence-electron chi connectivity index (χ3n) is 9.33. The third kappa shape index (κ3) is 3.93. The van der Waals surface area contributed by atoms with Crippen LogP contribution in [0.2, 0.25) is 0 Å². The van der Waals surface area contributed by atoms with Gasteiger partial charge in [-0.1, -0.05) is 12.1 Å². The van der Waals surface area contributed by atoms with Gasteiger partial charge in [0.25, 0.3) is 0 Å². The van der Waals surface area contributed by atoms with Gasteiger partial charge < -0.3 is 20.1 Å². The number of benzene rings is 2. The van der Waals surface area contributed by atoms with Gasteiger partial charge in [-0.2, -0.15) is 9.97 Å². The second-order valence-corrected chi connectivity index (χ2v) is 11.8. The van der Waals surface area contributed by atoms with Crippen LogP contribution in [0.25, 0.3) is 33.1 Å². The molecule has 8 nitrogen and oxygen atoms in total. The molecule has 4 aliphatic heterocycles. The molecule has 2 aromatic carbocycles. The quantitative estimate of drug-likeness (QED) is 0.372. The summed E-state index contributed by atoms with van der Waals surface area (Å²) in [7, 11) is 0. The Kier molecular flexibility index (Phi) is 5.59. The molecule has 4 saturated heterocycles. The van der Waals surface area contributed by atoms with E-state index in [1.54, 1.807) is 6.07 Å². The number of nitrogens with zero attached hydrogens (tertiary/aromatic N) is 5. The number of phenolic OH excluding ortho intramolecular Hbond substituents is 1. The van der Waals surface area contributed by atoms with Gasteiger partial charge in [0.2, 0.25) is 0 Å². The van der Waals surface area contributed by atoms with E-state index in [1.165, 1.54) is 30.3 Å². The molecule has 6 heterocycles. The maximum absolute atomic E-state index is 15.9.